The Labute approximate surface area is 174 Å². The van der Waals surface area contributed by atoms with E-state index in [2.05, 4.69) is 36.1 Å². The molecule has 0 bridgehead atoms. The quantitative estimate of drug-likeness (QED) is 0.198. The second kappa shape index (κ2) is 11.4. The summed E-state index contributed by atoms with van der Waals surface area (Å²) in [6.07, 6.45) is 1.62. The molecule has 1 aromatic carbocycles. The number of carbonyl (C=O) groups is 2. The fraction of sp³-hybridized carbons (Fsp3) is 0.500. The number of esters is 2. The Kier molecular flexibility index (Phi) is 9.62. The van der Waals surface area contributed by atoms with E-state index in [-0.39, 0.29) is 26.1 Å². The van der Waals surface area contributed by atoms with Crippen molar-refractivity contribution in [3.8, 4) is 17.2 Å². The van der Waals surface area contributed by atoms with Gasteiger partial charge < -0.3 is 14.2 Å². The second-order valence-corrected chi connectivity index (χ2v) is 12.2. The molecule has 0 aliphatic rings. The lowest BCUT2D eigenvalue weighted by Gasteiger charge is -2.26. The normalized spacial score (nSPS) is 11.5. The summed E-state index contributed by atoms with van der Waals surface area (Å²) >= 11 is 0. The lowest BCUT2D eigenvalue weighted by atomic mass is 9.81. The maximum Gasteiger partial charge on any atom is 0.324 e. The minimum Gasteiger partial charge on any atom is -0.497 e. The molecule has 0 N–H and O–H groups in total. The summed E-state index contributed by atoms with van der Waals surface area (Å²) < 4.78 is 15.6. The molecule has 0 radical (unpaired) electrons. The van der Waals surface area contributed by atoms with Gasteiger partial charge in [-0.2, -0.15) is 0 Å². The van der Waals surface area contributed by atoms with Crippen LogP contribution in [0.5, 0.6) is 5.75 Å². The zero-order valence-corrected chi connectivity index (χ0v) is 19.2. The maximum atomic E-state index is 12.8. The van der Waals surface area contributed by atoms with Gasteiger partial charge in [0.2, 0.25) is 0 Å². The van der Waals surface area contributed by atoms with Crippen LogP contribution >= 0.6 is 0 Å². The van der Waals surface area contributed by atoms with Crippen LogP contribution in [-0.4, -0.2) is 46.6 Å². The van der Waals surface area contributed by atoms with E-state index in [0.29, 0.717) is 5.69 Å². The van der Waals surface area contributed by atoms with Crippen LogP contribution in [0.1, 0.15) is 26.7 Å². The zero-order valence-electron chi connectivity index (χ0n) is 18.2. The summed E-state index contributed by atoms with van der Waals surface area (Å²) in [7, 11) is -0.0773. The van der Waals surface area contributed by atoms with Crippen LogP contribution < -0.4 is 4.74 Å². The van der Waals surface area contributed by atoms with Gasteiger partial charge in [-0.15, -0.1) is 11.5 Å². The number of hydrogen-bond donors (Lipinski definition) is 0. The fourth-order valence-electron chi connectivity index (χ4n) is 2.44. The lowest BCUT2D eigenvalue weighted by Crippen LogP contribution is -2.42. The summed E-state index contributed by atoms with van der Waals surface area (Å²) in [5.74, 6) is 2.49. The van der Waals surface area contributed by atoms with Crippen molar-refractivity contribution in [2.24, 2.45) is 10.4 Å². The predicted molar refractivity (Wildman–Crippen MR) is 117 cm³/mol. The van der Waals surface area contributed by atoms with Gasteiger partial charge in [0.05, 0.1) is 26.0 Å². The first kappa shape index (κ1) is 24.4. The van der Waals surface area contributed by atoms with Crippen molar-refractivity contribution in [3.63, 3.8) is 0 Å². The maximum absolute atomic E-state index is 12.8. The summed E-state index contributed by atoms with van der Waals surface area (Å²) in [6, 6.07) is 7.15. The van der Waals surface area contributed by atoms with E-state index in [0.717, 1.165) is 5.75 Å². The van der Waals surface area contributed by atoms with E-state index < -0.39 is 25.4 Å². The van der Waals surface area contributed by atoms with Gasteiger partial charge in [-0.1, -0.05) is 19.6 Å². The number of rotatable bonds is 9. The van der Waals surface area contributed by atoms with Crippen LogP contribution in [0.2, 0.25) is 19.6 Å². The molecule has 0 heterocycles. The largest absolute Gasteiger partial charge is 0.497 e. The van der Waals surface area contributed by atoms with Gasteiger partial charge in [0.1, 0.15) is 13.8 Å². The highest BCUT2D eigenvalue weighted by atomic mass is 28.3. The highest BCUT2D eigenvalue weighted by molar-refractivity contribution is 6.83. The van der Waals surface area contributed by atoms with E-state index in [1.165, 1.54) is 0 Å². The Morgan fingerprint density at radius 3 is 2.07 bits per heavy atom. The molecule has 0 fully saturated rings. The molecule has 0 aliphatic carbocycles. The molecular formula is C22H31NO5Si. The third kappa shape index (κ3) is 7.74. The highest BCUT2D eigenvalue weighted by Gasteiger charge is 2.48. The first-order chi connectivity index (χ1) is 13.7. The first-order valence-corrected chi connectivity index (χ1v) is 13.2. The molecule has 29 heavy (non-hydrogen) atoms. The van der Waals surface area contributed by atoms with Crippen LogP contribution in [0.3, 0.4) is 0 Å². The Hall–Kier alpha value is -2.59. The van der Waals surface area contributed by atoms with Gasteiger partial charge in [-0.25, -0.2) is 0 Å². The molecule has 0 saturated heterocycles. The summed E-state index contributed by atoms with van der Waals surface area (Å²) in [6.45, 7) is 10.0. The van der Waals surface area contributed by atoms with Crippen molar-refractivity contribution in [1.29, 1.82) is 0 Å². The molecule has 0 amide bonds. The average Bonchev–Trinajstić information content (AvgIpc) is 2.66. The van der Waals surface area contributed by atoms with Gasteiger partial charge in [-0.05, 0) is 38.1 Å². The van der Waals surface area contributed by atoms with Crippen LogP contribution in [0.25, 0.3) is 0 Å². The smallest absolute Gasteiger partial charge is 0.324 e. The van der Waals surface area contributed by atoms with Gasteiger partial charge >= 0.3 is 11.9 Å². The van der Waals surface area contributed by atoms with Crippen LogP contribution in [0.4, 0.5) is 5.69 Å². The third-order valence-corrected chi connectivity index (χ3v) is 4.87. The van der Waals surface area contributed by atoms with Crippen molar-refractivity contribution in [2.75, 3.05) is 20.3 Å². The number of hydrogen-bond acceptors (Lipinski definition) is 6. The fourth-order valence-corrected chi connectivity index (χ4v) is 3.06. The number of benzene rings is 1. The Morgan fingerprint density at radius 2 is 1.62 bits per heavy atom. The molecule has 0 atom stereocenters. The average molecular weight is 418 g/mol. The van der Waals surface area contributed by atoms with E-state index >= 15 is 0 Å². The van der Waals surface area contributed by atoms with Crippen LogP contribution in [-0.2, 0) is 19.1 Å². The zero-order chi connectivity index (χ0) is 21.9. The standard InChI is InChI=1S/C22H31NO5Si/c1-7-27-20(24)22(21(25)28-8-2,14-9-17-29(4,5)6)15-16-23-18-10-12-19(26-3)13-11-18/h10-13,16H,7-8,14-15H2,1-6H3. The second-order valence-electron chi connectivity index (χ2n) is 7.47. The monoisotopic (exact) mass is 417 g/mol. The summed E-state index contributed by atoms with van der Waals surface area (Å²) in [5, 5.41) is 0. The predicted octanol–water partition coefficient (Wildman–Crippen LogP) is 4.17. The van der Waals surface area contributed by atoms with Crippen molar-refractivity contribution in [1.82, 2.24) is 0 Å². The molecule has 0 spiro atoms. The highest BCUT2D eigenvalue weighted by Crippen LogP contribution is 2.30. The number of carbonyl (C=O) groups excluding carboxylic acids is 2. The van der Waals surface area contributed by atoms with E-state index in [1.54, 1.807) is 51.4 Å². The molecule has 0 unspecified atom stereocenters. The summed E-state index contributed by atoms with van der Waals surface area (Å²) in [4.78, 5) is 30.0. The number of ether oxygens (including phenoxy) is 3. The Bertz CT molecular complexity index is 751. The summed E-state index contributed by atoms with van der Waals surface area (Å²) in [5.41, 5.74) is 2.35. The van der Waals surface area contributed by atoms with Crippen LogP contribution in [0.15, 0.2) is 29.3 Å². The molecular weight excluding hydrogens is 386 g/mol. The van der Waals surface area contributed by atoms with Gasteiger partial charge in [0.15, 0.2) is 5.41 Å². The Balaban J connectivity index is 3.21. The Morgan fingerprint density at radius 1 is 1.07 bits per heavy atom. The van der Waals surface area contributed by atoms with E-state index in [1.807, 2.05) is 0 Å². The molecule has 1 rings (SSSR count). The topological polar surface area (TPSA) is 74.2 Å². The lowest BCUT2D eigenvalue weighted by molar-refractivity contribution is -0.171. The molecule has 158 valence electrons. The molecule has 0 aliphatic heterocycles. The van der Waals surface area contributed by atoms with Crippen molar-refractivity contribution in [3.05, 3.63) is 24.3 Å². The van der Waals surface area contributed by atoms with E-state index in [9.17, 15) is 9.59 Å². The van der Waals surface area contributed by atoms with Gasteiger partial charge in [0, 0.05) is 19.1 Å². The minimum atomic E-state index is -1.67. The van der Waals surface area contributed by atoms with Crippen molar-refractivity contribution >= 4 is 31.9 Å². The number of aliphatic imine (C=N–C) groups is 1. The molecule has 7 heteroatoms. The van der Waals surface area contributed by atoms with Gasteiger partial charge in [-0.3, -0.25) is 14.6 Å². The SMILES string of the molecule is CCOC(=O)C(CC#C[Si](C)(C)C)(CC=Nc1ccc(OC)cc1)C(=O)OCC. The van der Waals surface area contributed by atoms with Crippen molar-refractivity contribution in [2.45, 2.75) is 46.3 Å². The van der Waals surface area contributed by atoms with Crippen molar-refractivity contribution < 1.29 is 23.8 Å². The molecule has 6 nitrogen and oxygen atoms in total. The number of nitrogens with zero attached hydrogens (tertiary/aromatic N) is 1. The van der Waals surface area contributed by atoms with Gasteiger partial charge in [0.25, 0.3) is 0 Å². The van der Waals surface area contributed by atoms with Crippen LogP contribution in [0, 0.1) is 16.9 Å². The first-order valence-electron chi connectivity index (χ1n) is 9.69. The molecule has 1 aromatic rings. The molecule has 0 aromatic heterocycles. The van der Waals surface area contributed by atoms with E-state index in [4.69, 9.17) is 14.2 Å². The third-order valence-electron chi connectivity index (χ3n) is 3.94. The minimum absolute atomic E-state index is 0.0313. The number of methoxy groups -OCH3 is 1. The molecule has 0 saturated carbocycles.